The number of Topliss-reactive ketones (excluding diaryl/α,β-unsaturated/α-hetero) is 1. The molecular formula is C22H17N3O3. The van der Waals surface area contributed by atoms with Crippen LogP contribution in [0.4, 0.5) is 5.82 Å². The van der Waals surface area contributed by atoms with E-state index >= 15 is 0 Å². The van der Waals surface area contributed by atoms with Gasteiger partial charge in [0.25, 0.3) is 5.56 Å². The number of carbonyl (C=O) groups excluding carboxylic acids is 1. The number of carbonyl (C=O) groups is 1. The highest BCUT2D eigenvalue weighted by molar-refractivity contribution is 6.23. The van der Waals surface area contributed by atoms with E-state index in [9.17, 15) is 14.4 Å². The monoisotopic (exact) mass is 371 g/mol. The van der Waals surface area contributed by atoms with Crippen molar-refractivity contribution >= 4 is 17.3 Å². The molecule has 0 radical (unpaired) electrons. The van der Waals surface area contributed by atoms with Crippen molar-refractivity contribution in [1.29, 1.82) is 0 Å². The number of aromatic nitrogens is 2. The van der Waals surface area contributed by atoms with Crippen molar-refractivity contribution < 1.29 is 4.79 Å². The lowest BCUT2D eigenvalue weighted by Crippen LogP contribution is -2.38. The fraction of sp³-hybridized carbons (Fsp3) is 0.136. The SMILES string of the molecule is CCn1c2c(c(=O)[nH]c1=O)C(c1ccccc1)C1=C(N2)c2ccccc2C1=O. The summed E-state index contributed by atoms with van der Waals surface area (Å²) < 4.78 is 1.50. The van der Waals surface area contributed by atoms with Crippen LogP contribution in [0.3, 0.4) is 0 Å². The van der Waals surface area contributed by atoms with Gasteiger partial charge in [-0.05, 0) is 12.5 Å². The minimum Gasteiger partial charge on any atom is -0.340 e. The molecule has 6 heteroatoms. The molecule has 1 unspecified atom stereocenters. The molecular weight excluding hydrogens is 354 g/mol. The summed E-state index contributed by atoms with van der Waals surface area (Å²) in [4.78, 5) is 40.9. The molecule has 2 aromatic carbocycles. The van der Waals surface area contributed by atoms with Crippen molar-refractivity contribution in [1.82, 2.24) is 9.55 Å². The van der Waals surface area contributed by atoms with Crippen LogP contribution in [0.25, 0.3) is 5.70 Å². The molecule has 2 aliphatic rings. The maximum Gasteiger partial charge on any atom is 0.329 e. The van der Waals surface area contributed by atoms with Crippen molar-refractivity contribution in [3.8, 4) is 0 Å². The zero-order chi connectivity index (χ0) is 19.4. The fourth-order valence-corrected chi connectivity index (χ4v) is 4.25. The van der Waals surface area contributed by atoms with E-state index in [1.54, 1.807) is 6.07 Å². The van der Waals surface area contributed by atoms with Crippen LogP contribution < -0.4 is 16.6 Å². The topological polar surface area (TPSA) is 84.0 Å². The molecule has 5 rings (SSSR count). The number of hydrogen-bond acceptors (Lipinski definition) is 4. The smallest absolute Gasteiger partial charge is 0.329 e. The van der Waals surface area contributed by atoms with Gasteiger partial charge in [-0.3, -0.25) is 19.1 Å². The van der Waals surface area contributed by atoms with Crippen LogP contribution in [-0.4, -0.2) is 15.3 Å². The molecule has 0 spiro atoms. The fourth-order valence-electron chi connectivity index (χ4n) is 4.25. The Morgan fingerprint density at radius 3 is 2.32 bits per heavy atom. The second-order valence-electron chi connectivity index (χ2n) is 6.90. The van der Waals surface area contributed by atoms with E-state index in [0.29, 0.717) is 34.8 Å². The normalized spacial score (nSPS) is 17.0. The summed E-state index contributed by atoms with van der Waals surface area (Å²) in [5.41, 5.74) is 2.92. The van der Waals surface area contributed by atoms with Crippen LogP contribution in [0.1, 0.15) is 39.9 Å². The van der Waals surface area contributed by atoms with E-state index in [1.807, 2.05) is 55.5 Å². The summed E-state index contributed by atoms with van der Waals surface area (Å²) in [5.74, 6) is -0.186. The van der Waals surface area contributed by atoms with E-state index in [-0.39, 0.29) is 5.78 Å². The molecule has 0 fully saturated rings. The summed E-state index contributed by atoms with van der Waals surface area (Å²) in [5, 5.41) is 3.25. The van der Waals surface area contributed by atoms with Crippen LogP contribution in [0, 0.1) is 0 Å². The van der Waals surface area contributed by atoms with E-state index in [4.69, 9.17) is 0 Å². The molecule has 1 atom stereocenters. The van der Waals surface area contributed by atoms with E-state index in [0.717, 1.165) is 11.1 Å². The number of rotatable bonds is 2. The molecule has 2 N–H and O–H groups in total. The first-order valence-electron chi connectivity index (χ1n) is 9.19. The third-order valence-corrected chi connectivity index (χ3v) is 5.46. The van der Waals surface area contributed by atoms with Gasteiger partial charge in [0.15, 0.2) is 5.78 Å². The minimum absolute atomic E-state index is 0.0914. The molecule has 0 saturated carbocycles. The summed E-state index contributed by atoms with van der Waals surface area (Å²) in [6.45, 7) is 2.24. The standard InChI is InChI=1S/C22H17N3O3/c1-2-25-20-17(21(27)24-22(25)28)15(12-8-4-3-5-9-12)16-18(23-20)13-10-6-7-11-14(13)19(16)26/h3-11,15,23H,2H2,1H3,(H,24,27,28). The van der Waals surface area contributed by atoms with E-state index < -0.39 is 17.2 Å². The Morgan fingerprint density at radius 1 is 0.929 bits per heavy atom. The Morgan fingerprint density at radius 2 is 1.61 bits per heavy atom. The number of anilines is 1. The number of aromatic amines is 1. The van der Waals surface area contributed by atoms with Gasteiger partial charge in [0.05, 0.1) is 11.3 Å². The lowest BCUT2D eigenvalue weighted by Gasteiger charge is -2.29. The van der Waals surface area contributed by atoms with E-state index in [2.05, 4.69) is 10.3 Å². The average Bonchev–Trinajstić information content (AvgIpc) is 3.00. The van der Waals surface area contributed by atoms with Crippen molar-refractivity contribution in [3.63, 3.8) is 0 Å². The second-order valence-corrected chi connectivity index (χ2v) is 6.90. The third-order valence-electron chi connectivity index (χ3n) is 5.46. The molecule has 0 amide bonds. The van der Waals surface area contributed by atoms with Crippen LogP contribution in [0.5, 0.6) is 0 Å². The average molecular weight is 371 g/mol. The molecule has 6 nitrogen and oxygen atoms in total. The summed E-state index contributed by atoms with van der Waals surface area (Å²) >= 11 is 0. The van der Waals surface area contributed by atoms with E-state index in [1.165, 1.54) is 4.57 Å². The number of allylic oxidation sites excluding steroid dienone is 1. The number of nitrogens with one attached hydrogen (secondary N) is 2. The van der Waals surface area contributed by atoms with Gasteiger partial charge in [0, 0.05) is 29.2 Å². The Hall–Kier alpha value is -3.67. The van der Waals surface area contributed by atoms with Gasteiger partial charge in [0.2, 0.25) is 0 Å². The van der Waals surface area contributed by atoms with Crippen molar-refractivity contribution in [3.05, 3.63) is 103 Å². The highest BCUT2D eigenvalue weighted by atomic mass is 16.2. The van der Waals surface area contributed by atoms with Gasteiger partial charge < -0.3 is 5.32 Å². The largest absolute Gasteiger partial charge is 0.340 e. The number of fused-ring (bicyclic) bond motifs is 3. The van der Waals surface area contributed by atoms with Crippen LogP contribution >= 0.6 is 0 Å². The Balaban J connectivity index is 1.88. The molecule has 1 aliphatic heterocycles. The summed E-state index contributed by atoms with van der Waals surface area (Å²) in [7, 11) is 0. The van der Waals surface area contributed by atoms with Crippen molar-refractivity contribution in [2.75, 3.05) is 5.32 Å². The summed E-state index contributed by atoms with van der Waals surface area (Å²) in [6, 6.07) is 16.8. The Labute approximate surface area is 160 Å². The van der Waals surface area contributed by atoms with Crippen molar-refractivity contribution in [2.24, 2.45) is 0 Å². The van der Waals surface area contributed by atoms with Gasteiger partial charge in [-0.1, -0.05) is 54.6 Å². The maximum atomic E-state index is 13.3. The van der Waals surface area contributed by atoms with Crippen LogP contribution in [0.15, 0.2) is 69.8 Å². The number of benzene rings is 2. The van der Waals surface area contributed by atoms with Gasteiger partial charge >= 0.3 is 5.69 Å². The number of hydrogen-bond donors (Lipinski definition) is 2. The van der Waals surface area contributed by atoms with Gasteiger partial charge in [0.1, 0.15) is 5.82 Å². The minimum atomic E-state index is -0.547. The zero-order valence-corrected chi connectivity index (χ0v) is 15.2. The lowest BCUT2D eigenvalue weighted by molar-refractivity contribution is 0.103. The highest BCUT2D eigenvalue weighted by Gasteiger charge is 2.42. The summed E-state index contributed by atoms with van der Waals surface area (Å²) in [6.07, 6.45) is 0. The molecule has 138 valence electrons. The highest BCUT2D eigenvalue weighted by Crippen LogP contribution is 2.47. The molecule has 28 heavy (non-hydrogen) atoms. The van der Waals surface area contributed by atoms with Gasteiger partial charge in [-0.2, -0.15) is 0 Å². The molecule has 3 aromatic rings. The van der Waals surface area contributed by atoms with Gasteiger partial charge in [-0.25, -0.2) is 4.79 Å². The van der Waals surface area contributed by atoms with Gasteiger partial charge in [-0.15, -0.1) is 0 Å². The third kappa shape index (κ3) is 2.11. The maximum absolute atomic E-state index is 13.3. The predicted molar refractivity (Wildman–Crippen MR) is 107 cm³/mol. The zero-order valence-electron chi connectivity index (χ0n) is 15.2. The lowest BCUT2D eigenvalue weighted by atomic mass is 9.81. The molecule has 1 aliphatic carbocycles. The molecule has 1 aromatic heterocycles. The molecule has 0 saturated heterocycles. The first-order valence-corrected chi connectivity index (χ1v) is 9.19. The molecule has 2 heterocycles. The quantitative estimate of drug-likeness (QED) is 0.726. The van der Waals surface area contributed by atoms with Crippen molar-refractivity contribution in [2.45, 2.75) is 19.4 Å². The first-order chi connectivity index (χ1) is 13.6. The van der Waals surface area contributed by atoms with Crippen LogP contribution in [-0.2, 0) is 6.54 Å². The molecule has 0 bridgehead atoms. The number of ketones is 1. The second kappa shape index (κ2) is 5.92. The number of H-pyrrole nitrogens is 1. The Kier molecular flexibility index (Phi) is 3.49. The predicted octanol–water partition coefficient (Wildman–Crippen LogP) is 2.72. The number of nitrogens with zero attached hydrogens (tertiary/aromatic N) is 1. The van der Waals surface area contributed by atoms with Crippen LogP contribution in [0.2, 0.25) is 0 Å². The first kappa shape index (κ1) is 16.5. The Bertz CT molecular complexity index is 1280.